The summed E-state index contributed by atoms with van der Waals surface area (Å²) in [6, 6.07) is 3.12. The van der Waals surface area contributed by atoms with Crippen molar-refractivity contribution in [2.75, 3.05) is 25.5 Å². The van der Waals surface area contributed by atoms with Crippen LogP contribution in [0.2, 0.25) is 0 Å². The molecular formula is C11H17N3O3S. The molecule has 6 nitrogen and oxygen atoms in total. The zero-order chi connectivity index (χ0) is 13.0. The second kappa shape index (κ2) is 5.64. The third-order valence-electron chi connectivity index (χ3n) is 2.87. The predicted molar refractivity (Wildman–Crippen MR) is 67.4 cm³/mol. The molecular weight excluding hydrogens is 254 g/mol. The maximum absolute atomic E-state index is 12.0. The van der Waals surface area contributed by atoms with Gasteiger partial charge in [0.05, 0.1) is 12.3 Å². The molecule has 0 aliphatic carbocycles. The van der Waals surface area contributed by atoms with Gasteiger partial charge < -0.3 is 10.5 Å². The Kier molecular flexibility index (Phi) is 4.15. The number of anilines is 1. The molecule has 0 amide bonds. The van der Waals surface area contributed by atoms with Crippen LogP contribution in [0, 0.1) is 5.92 Å². The van der Waals surface area contributed by atoms with Crippen molar-refractivity contribution in [2.24, 2.45) is 5.92 Å². The molecule has 1 aromatic heterocycles. The monoisotopic (exact) mass is 271 g/mol. The van der Waals surface area contributed by atoms with E-state index in [0.717, 1.165) is 19.4 Å². The molecule has 0 saturated carbocycles. The van der Waals surface area contributed by atoms with Crippen LogP contribution in [0.4, 0.5) is 5.69 Å². The van der Waals surface area contributed by atoms with Crippen LogP contribution < -0.4 is 10.5 Å². The fraction of sp³-hybridized carbons (Fsp3) is 0.545. The maximum atomic E-state index is 12.0. The number of aromatic nitrogens is 1. The first-order valence-corrected chi connectivity index (χ1v) is 7.36. The summed E-state index contributed by atoms with van der Waals surface area (Å²) in [6.07, 6.45) is 3.35. The van der Waals surface area contributed by atoms with Crippen LogP contribution in [-0.4, -0.2) is 33.2 Å². The first-order valence-electron chi connectivity index (χ1n) is 5.87. The van der Waals surface area contributed by atoms with Gasteiger partial charge in [0, 0.05) is 19.3 Å². The zero-order valence-corrected chi connectivity index (χ0v) is 10.8. The predicted octanol–water partition coefficient (Wildman–Crippen LogP) is 0.369. The lowest BCUT2D eigenvalue weighted by Gasteiger charge is -2.22. The lowest BCUT2D eigenvalue weighted by Crippen LogP contribution is -2.34. The number of nitrogens with two attached hydrogens (primary N) is 1. The van der Waals surface area contributed by atoms with Gasteiger partial charge in [-0.2, -0.15) is 0 Å². The fourth-order valence-electron chi connectivity index (χ4n) is 1.89. The smallest absolute Gasteiger partial charge is 0.260 e. The second-order valence-corrected chi connectivity index (χ2v) is 6.02. The number of ether oxygens (including phenoxy) is 1. The second-order valence-electron chi connectivity index (χ2n) is 4.33. The van der Waals surface area contributed by atoms with Crippen LogP contribution in [0.15, 0.2) is 23.4 Å². The highest BCUT2D eigenvalue weighted by atomic mass is 32.2. The van der Waals surface area contributed by atoms with Crippen molar-refractivity contribution in [3.05, 3.63) is 18.3 Å². The minimum atomic E-state index is -3.63. The summed E-state index contributed by atoms with van der Waals surface area (Å²) in [5.74, 6) is 0.221. The highest BCUT2D eigenvalue weighted by Gasteiger charge is 2.21. The summed E-state index contributed by atoms with van der Waals surface area (Å²) < 4.78 is 31.8. The normalized spacial score (nSPS) is 20.8. The Labute approximate surface area is 107 Å². The van der Waals surface area contributed by atoms with Gasteiger partial charge in [0.15, 0.2) is 5.03 Å². The van der Waals surface area contributed by atoms with Crippen LogP contribution in [0.1, 0.15) is 12.8 Å². The summed E-state index contributed by atoms with van der Waals surface area (Å²) in [7, 11) is -3.63. The van der Waals surface area contributed by atoms with E-state index in [2.05, 4.69) is 9.71 Å². The molecule has 2 rings (SSSR count). The number of hydrogen-bond donors (Lipinski definition) is 2. The molecule has 0 radical (unpaired) electrons. The first kappa shape index (κ1) is 13.3. The van der Waals surface area contributed by atoms with Crippen LogP contribution in [0.3, 0.4) is 0 Å². The Morgan fingerprint density at radius 3 is 3.06 bits per heavy atom. The average Bonchev–Trinajstić information content (AvgIpc) is 2.38. The summed E-state index contributed by atoms with van der Waals surface area (Å²) in [5, 5.41) is -0.110. The molecule has 0 aromatic carbocycles. The minimum absolute atomic E-state index is 0.110. The van der Waals surface area contributed by atoms with E-state index in [1.807, 2.05) is 0 Å². The topological polar surface area (TPSA) is 94.3 Å². The van der Waals surface area contributed by atoms with Crippen molar-refractivity contribution in [2.45, 2.75) is 17.9 Å². The van der Waals surface area contributed by atoms with E-state index in [0.29, 0.717) is 13.2 Å². The molecule has 3 N–H and O–H groups in total. The standard InChI is InChI=1S/C11H17N3O3S/c12-10-4-1-5-13-11(10)18(15,16)14-7-9-3-2-6-17-8-9/h1,4-5,9,14H,2-3,6-8,12H2. The van der Waals surface area contributed by atoms with Crippen molar-refractivity contribution in [3.8, 4) is 0 Å². The third-order valence-corrected chi connectivity index (χ3v) is 4.27. The molecule has 1 fully saturated rings. The summed E-state index contributed by atoms with van der Waals surface area (Å²) in [5.41, 5.74) is 5.77. The van der Waals surface area contributed by atoms with E-state index in [4.69, 9.17) is 10.5 Å². The lowest BCUT2D eigenvalue weighted by atomic mass is 10.0. The van der Waals surface area contributed by atoms with Gasteiger partial charge in [0.1, 0.15) is 0 Å². The fourth-order valence-corrected chi connectivity index (χ4v) is 3.06. The molecule has 1 saturated heterocycles. The van der Waals surface area contributed by atoms with Gasteiger partial charge in [-0.15, -0.1) is 0 Å². The van der Waals surface area contributed by atoms with Crippen LogP contribution in [0.5, 0.6) is 0 Å². The van der Waals surface area contributed by atoms with Crippen molar-refractivity contribution in [1.82, 2.24) is 9.71 Å². The number of sulfonamides is 1. The molecule has 7 heteroatoms. The maximum Gasteiger partial charge on any atom is 0.260 e. The molecule has 1 atom stereocenters. The van der Waals surface area contributed by atoms with E-state index in [1.54, 1.807) is 6.07 Å². The molecule has 1 aromatic rings. The quantitative estimate of drug-likeness (QED) is 0.825. The number of nitrogens with zero attached hydrogens (tertiary/aromatic N) is 1. The molecule has 1 aliphatic rings. The summed E-state index contributed by atoms with van der Waals surface area (Å²) in [4.78, 5) is 3.81. The average molecular weight is 271 g/mol. The summed E-state index contributed by atoms with van der Waals surface area (Å²) >= 11 is 0. The van der Waals surface area contributed by atoms with E-state index < -0.39 is 10.0 Å². The van der Waals surface area contributed by atoms with Crippen LogP contribution in [-0.2, 0) is 14.8 Å². The Bertz CT molecular complexity index is 498. The highest BCUT2D eigenvalue weighted by molar-refractivity contribution is 7.89. The lowest BCUT2D eigenvalue weighted by molar-refractivity contribution is 0.0568. The number of hydrogen-bond acceptors (Lipinski definition) is 5. The van der Waals surface area contributed by atoms with Crippen molar-refractivity contribution in [1.29, 1.82) is 0 Å². The molecule has 2 heterocycles. The van der Waals surface area contributed by atoms with Gasteiger partial charge in [-0.05, 0) is 30.9 Å². The van der Waals surface area contributed by atoms with Gasteiger partial charge in [-0.25, -0.2) is 18.1 Å². The Hall–Kier alpha value is -1.18. The van der Waals surface area contributed by atoms with E-state index in [1.165, 1.54) is 12.3 Å². The molecule has 1 aliphatic heterocycles. The van der Waals surface area contributed by atoms with Gasteiger partial charge in [-0.3, -0.25) is 0 Å². The largest absolute Gasteiger partial charge is 0.396 e. The van der Waals surface area contributed by atoms with Gasteiger partial charge >= 0.3 is 0 Å². The Morgan fingerprint density at radius 2 is 2.39 bits per heavy atom. The highest BCUT2D eigenvalue weighted by Crippen LogP contribution is 2.16. The number of pyridine rings is 1. The first-order chi connectivity index (χ1) is 8.59. The van der Waals surface area contributed by atoms with E-state index >= 15 is 0 Å². The zero-order valence-electron chi connectivity index (χ0n) is 10.0. The number of nitrogen functional groups attached to an aromatic ring is 1. The van der Waals surface area contributed by atoms with Gasteiger partial charge in [0.25, 0.3) is 10.0 Å². The molecule has 0 spiro atoms. The molecule has 100 valence electrons. The SMILES string of the molecule is Nc1cccnc1S(=O)(=O)NCC1CCCOC1. The van der Waals surface area contributed by atoms with E-state index in [9.17, 15) is 8.42 Å². The van der Waals surface area contributed by atoms with Gasteiger partial charge in [-0.1, -0.05) is 0 Å². The van der Waals surface area contributed by atoms with Crippen molar-refractivity contribution in [3.63, 3.8) is 0 Å². The summed E-state index contributed by atoms with van der Waals surface area (Å²) in [6.45, 7) is 1.72. The molecule has 18 heavy (non-hydrogen) atoms. The Balaban J connectivity index is 2.01. The van der Waals surface area contributed by atoms with Crippen molar-refractivity contribution < 1.29 is 13.2 Å². The molecule has 1 unspecified atom stereocenters. The van der Waals surface area contributed by atoms with E-state index in [-0.39, 0.29) is 16.6 Å². The number of rotatable bonds is 4. The minimum Gasteiger partial charge on any atom is -0.396 e. The third kappa shape index (κ3) is 3.18. The van der Waals surface area contributed by atoms with Gasteiger partial charge in [0.2, 0.25) is 0 Å². The molecule has 0 bridgehead atoms. The van der Waals surface area contributed by atoms with Crippen LogP contribution >= 0.6 is 0 Å². The number of nitrogens with one attached hydrogen (secondary N) is 1. The Morgan fingerprint density at radius 1 is 1.56 bits per heavy atom. The van der Waals surface area contributed by atoms with Crippen molar-refractivity contribution >= 4 is 15.7 Å². The van der Waals surface area contributed by atoms with Crippen LogP contribution in [0.25, 0.3) is 0 Å².